The summed E-state index contributed by atoms with van der Waals surface area (Å²) in [6, 6.07) is 25.8. The van der Waals surface area contributed by atoms with Gasteiger partial charge in [0.1, 0.15) is 4.32 Å². The molecule has 0 saturated carbocycles. The first-order chi connectivity index (χ1) is 16.1. The molecule has 0 atom stereocenters. The molecule has 3 aromatic rings. The standard InChI is InChI=1S/C26H23NO3S3/c1-29-23-16-20(12-13-22(23)30-14-15-32-21-10-6-3-7-11-21)17-24-25(28)27(26(31)33-24)18-19-8-4-2-5-9-19/h2-13,16-17H,14-15,18H2,1H3. The zero-order valence-corrected chi connectivity index (χ0v) is 20.6. The van der Waals surface area contributed by atoms with E-state index < -0.39 is 0 Å². The van der Waals surface area contributed by atoms with Crippen molar-refractivity contribution in [3.63, 3.8) is 0 Å². The van der Waals surface area contributed by atoms with Crippen molar-refractivity contribution < 1.29 is 14.3 Å². The van der Waals surface area contributed by atoms with E-state index in [2.05, 4.69) is 12.1 Å². The summed E-state index contributed by atoms with van der Waals surface area (Å²) in [5.74, 6) is 2.07. The lowest BCUT2D eigenvalue weighted by Crippen LogP contribution is -2.27. The second-order valence-electron chi connectivity index (χ2n) is 7.17. The van der Waals surface area contributed by atoms with Gasteiger partial charge in [-0.3, -0.25) is 9.69 Å². The van der Waals surface area contributed by atoms with Gasteiger partial charge in [0.15, 0.2) is 11.5 Å². The number of nitrogens with zero attached hydrogens (tertiary/aromatic N) is 1. The van der Waals surface area contributed by atoms with E-state index in [-0.39, 0.29) is 5.91 Å². The fraction of sp³-hybridized carbons (Fsp3) is 0.154. The average molecular weight is 494 g/mol. The minimum Gasteiger partial charge on any atom is -0.493 e. The second-order valence-corrected chi connectivity index (χ2v) is 10.0. The van der Waals surface area contributed by atoms with Gasteiger partial charge in [-0.25, -0.2) is 0 Å². The minimum atomic E-state index is -0.0777. The van der Waals surface area contributed by atoms with E-state index in [1.54, 1.807) is 23.8 Å². The van der Waals surface area contributed by atoms with Crippen LogP contribution in [0.4, 0.5) is 0 Å². The highest BCUT2D eigenvalue weighted by molar-refractivity contribution is 8.26. The number of methoxy groups -OCH3 is 1. The van der Waals surface area contributed by atoms with E-state index in [0.717, 1.165) is 16.9 Å². The van der Waals surface area contributed by atoms with Gasteiger partial charge in [0, 0.05) is 10.6 Å². The molecule has 4 rings (SSSR count). The third-order valence-corrected chi connectivity index (χ3v) is 7.25. The third kappa shape index (κ3) is 6.19. The zero-order valence-electron chi connectivity index (χ0n) is 18.1. The maximum absolute atomic E-state index is 12.9. The number of thiocarbonyl (C=S) groups is 1. The predicted molar refractivity (Wildman–Crippen MR) is 141 cm³/mol. The van der Waals surface area contributed by atoms with E-state index in [0.29, 0.717) is 33.9 Å². The van der Waals surface area contributed by atoms with Gasteiger partial charge >= 0.3 is 0 Å². The second kappa shape index (κ2) is 11.4. The third-order valence-electron chi connectivity index (χ3n) is 4.90. The summed E-state index contributed by atoms with van der Waals surface area (Å²) in [7, 11) is 1.62. The smallest absolute Gasteiger partial charge is 0.266 e. The minimum absolute atomic E-state index is 0.0777. The summed E-state index contributed by atoms with van der Waals surface area (Å²) >= 11 is 8.52. The number of carbonyl (C=O) groups is 1. The van der Waals surface area contributed by atoms with Crippen molar-refractivity contribution in [1.82, 2.24) is 4.90 Å². The quantitative estimate of drug-likeness (QED) is 0.151. The Morgan fingerprint density at radius 3 is 2.45 bits per heavy atom. The Kier molecular flexibility index (Phi) is 8.10. The van der Waals surface area contributed by atoms with Crippen LogP contribution in [0.15, 0.2) is 88.7 Å². The Morgan fingerprint density at radius 1 is 1.00 bits per heavy atom. The molecule has 0 aromatic heterocycles. The normalized spacial score (nSPS) is 14.7. The Bertz CT molecular complexity index is 1150. The molecule has 168 valence electrons. The Labute approximate surface area is 208 Å². The molecule has 3 aromatic carbocycles. The number of thioether (sulfide) groups is 2. The average Bonchev–Trinajstić information content (AvgIpc) is 3.11. The van der Waals surface area contributed by atoms with Gasteiger partial charge in [-0.05, 0) is 41.5 Å². The molecular formula is C26H23NO3S3. The Hall–Kier alpha value is -2.74. The Balaban J connectivity index is 1.39. The maximum Gasteiger partial charge on any atom is 0.266 e. The molecule has 33 heavy (non-hydrogen) atoms. The molecule has 1 amide bonds. The van der Waals surface area contributed by atoms with Gasteiger partial charge in [-0.15, -0.1) is 11.8 Å². The van der Waals surface area contributed by atoms with E-state index in [9.17, 15) is 4.79 Å². The van der Waals surface area contributed by atoms with Gasteiger partial charge in [0.2, 0.25) is 0 Å². The topological polar surface area (TPSA) is 38.8 Å². The molecule has 1 heterocycles. The zero-order chi connectivity index (χ0) is 23.0. The van der Waals surface area contributed by atoms with Crippen LogP contribution in [0.2, 0.25) is 0 Å². The van der Waals surface area contributed by atoms with Crippen LogP contribution in [0.1, 0.15) is 11.1 Å². The number of amides is 1. The first kappa shape index (κ1) is 23.4. The molecule has 1 aliphatic rings. The highest BCUT2D eigenvalue weighted by Gasteiger charge is 2.32. The molecule has 0 bridgehead atoms. The summed E-state index contributed by atoms with van der Waals surface area (Å²) in [5, 5.41) is 0. The van der Waals surface area contributed by atoms with Gasteiger partial charge in [-0.2, -0.15) is 0 Å². The van der Waals surface area contributed by atoms with Crippen molar-refractivity contribution in [2.24, 2.45) is 0 Å². The van der Waals surface area contributed by atoms with Crippen molar-refractivity contribution >= 4 is 52.0 Å². The van der Waals surface area contributed by atoms with Gasteiger partial charge in [0.05, 0.1) is 25.2 Å². The summed E-state index contributed by atoms with van der Waals surface area (Å²) in [5.41, 5.74) is 1.90. The fourth-order valence-electron chi connectivity index (χ4n) is 3.27. The van der Waals surface area contributed by atoms with Crippen LogP contribution in [-0.2, 0) is 11.3 Å². The molecule has 0 unspecified atom stereocenters. The van der Waals surface area contributed by atoms with E-state index in [4.69, 9.17) is 21.7 Å². The number of hydrogen-bond acceptors (Lipinski definition) is 6. The summed E-state index contributed by atoms with van der Waals surface area (Å²) in [4.78, 5) is 16.4. The fourth-order valence-corrected chi connectivity index (χ4v) is 5.28. The van der Waals surface area contributed by atoms with Crippen LogP contribution in [0.25, 0.3) is 6.08 Å². The van der Waals surface area contributed by atoms with Gasteiger partial charge in [0.25, 0.3) is 5.91 Å². The highest BCUT2D eigenvalue weighted by Crippen LogP contribution is 2.35. The monoisotopic (exact) mass is 493 g/mol. The molecule has 1 aliphatic heterocycles. The maximum atomic E-state index is 12.9. The molecule has 0 spiro atoms. The summed E-state index contributed by atoms with van der Waals surface area (Å²) in [6.45, 7) is 1.04. The van der Waals surface area contributed by atoms with Crippen LogP contribution >= 0.6 is 35.7 Å². The molecule has 0 aliphatic carbocycles. The van der Waals surface area contributed by atoms with E-state index in [1.165, 1.54) is 16.7 Å². The van der Waals surface area contributed by atoms with Crippen molar-refractivity contribution in [3.05, 3.63) is 94.9 Å². The van der Waals surface area contributed by atoms with Gasteiger partial charge in [-0.1, -0.05) is 78.6 Å². The molecular weight excluding hydrogens is 470 g/mol. The summed E-state index contributed by atoms with van der Waals surface area (Å²) in [6.07, 6.45) is 1.85. The molecule has 7 heteroatoms. The molecule has 1 fully saturated rings. The first-order valence-electron chi connectivity index (χ1n) is 10.4. The van der Waals surface area contributed by atoms with Crippen molar-refractivity contribution in [2.45, 2.75) is 11.4 Å². The van der Waals surface area contributed by atoms with Crippen LogP contribution in [0.3, 0.4) is 0 Å². The largest absolute Gasteiger partial charge is 0.493 e. The van der Waals surface area contributed by atoms with Crippen LogP contribution < -0.4 is 9.47 Å². The Morgan fingerprint density at radius 2 is 1.73 bits per heavy atom. The first-order valence-corrected chi connectivity index (χ1v) is 12.6. The highest BCUT2D eigenvalue weighted by atomic mass is 32.2. The number of rotatable bonds is 9. The number of hydrogen-bond donors (Lipinski definition) is 0. The van der Waals surface area contributed by atoms with Crippen LogP contribution in [-0.4, -0.2) is 34.6 Å². The van der Waals surface area contributed by atoms with Crippen molar-refractivity contribution in [1.29, 1.82) is 0 Å². The SMILES string of the molecule is COc1cc(C=C2SC(=S)N(Cc3ccccc3)C2=O)ccc1OCCSc1ccccc1. The van der Waals surface area contributed by atoms with Crippen LogP contribution in [0.5, 0.6) is 11.5 Å². The van der Waals surface area contributed by atoms with E-state index >= 15 is 0 Å². The van der Waals surface area contributed by atoms with Crippen molar-refractivity contribution in [2.75, 3.05) is 19.5 Å². The number of benzene rings is 3. The lowest BCUT2D eigenvalue weighted by atomic mass is 10.1. The molecule has 0 N–H and O–H groups in total. The molecule has 0 radical (unpaired) electrons. The number of ether oxygens (including phenoxy) is 2. The van der Waals surface area contributed by atoms with E-state index in [1.807, 2.05) is 72.8 Å². The lowest BCUT2D eigenvalue weighted by Gasteiger charge is -2.14. The van der Waals surface area contributed by atoms with Gasteiger partial charge < -0.3 is 9.47 Å². The van der Waals surface area contributed by atoms with Crippen LogP contribution in [0, 0.1) is 0 Å². The molecule has 4 nitrogen and oxygen atoms in total. The molecule has 1 saturated heterocycles. The summed E-state index contributed by atoms with van der Waals surface area (Å²) < 4.78 is 12.0. The predicted octanol–water partition coefficient (Wildman–Crippen LogP) is 6.27. The number of carbonyl (C=O) groups excluding carboxylic acids is 1. The lowest BCUT2D eigenvalue weighted by molar-refractivity contribution is -0.122. The van der Waals surface area contributed by atoms with Crippen molar-refractivity contribution in [3.8, 4) is 11.5 Å².